The number of aromatic nitrogens is 2. The van der Waals surface area contributed by atoms with Gasteiger partial charge < -0.3 is 10.0 Å². The average molecular weight is 235 g/mol. The first kappa shape index (κ1) is 12.3. The fourth-order valence-corrected chi connectivity index (χ4v) is 2.41. The molecule has 0 aromatic carbocycles. The summed E-state index contributed by atoms with van der Waals surface area (Å²) in [7, 11) is 0. The van der Waals surface area contributed by atoms with Crippen molar-refractivity contribution in [2.75, 3.05) is 18.0 Å². The number of rotatable bonds is 4. The Morgan fingerprint density at radius 2 is 2.18 bits per heavy atom. The fourth-order valence-electron chi connectivity index (χ4n) is 2.41. The molecule has 0 spiro atoms. The number of hydrogen-bond donors (Lipinski definition) is 1. The second-order valence-corrected chi connectivity index (χ2v) is 4.70. The quantitative estimate of drug-likeness (QED) is 0.866. The van der Waals surface area contributed by atoms with Gasteiger partial charge in [-0.25, -0.2) is 9.97 Å². The van der Waals surface area contributed by atoms with E-state index in [1.807, 2.05) is 0 Å². The van der Waals surface area contributed by atoms with E-state index in [1.165, 1.54) is 0 Å². The summed E-state index contributed by atoms with van der Waals surface area (Å²) in [6.07, 6.45) is 4.49. The van der Waals surface area contributed by atoms with Crippen LogP contribution >= 0.6 is 0 Å². The van der Waals surface area contributed by atoms with E-state index < -0.39 is 0 Å². The molecular weight excluding hydrogens is 214 g/mol. The first-order valence-electron chi connectivity index (χ1n) is 6.49. The van der Waals surface area contributed by atoms with Crippen molar-refractivity contribution in [1.29, 1.82) is 0 Å². The van der Waals surface area contributed by atoms with E-state index in [0.29, 0.717) is 12.5 Å². The van der Waals surface area contributed by atoms with E-state index in [9.17, 15) is 5.11 Å². The minimum atomic E-state index is -0.207. The Morgan fingerprint density at radius 1 is 1.41 bits per heavy atom. The molecule has 1 aromatic heterocycles. The van der Waals surface area contributed by atoms with Crippen LogP contribution in [0.15, 0.2) is 12.4 Å². The molecule has 1 unspecified atom stereocenters. The molecule has 17 heavy (non-hydrogen) atoms. The van der Waals surface area contributed by atoms with E-state index in [1.54, 1.807) is 6.33 Å². The molecule has 4 heteroatoms. The molecule has 0 radical (unpaired) electrons. The zero-order valence-electron chi connectivity index (χ0n) is 10.6. The summed E-state index contributed by atoms with van der Waals surface area (Å²) < 4.78 is 0. The SMILES string of the molecule is CCC(CC)c1cc(N2CCC(O)C2)ncn1. The molecule has 1 aromatic rings. The standard InChI is InChI=1S/C13H21N3O/c1-3-10(4-2)12-7-13(15-9-14-12)16-6-5-11(17)8-16/h7,9-11,17H,3-6,8H2,1-2H3. The van der Waals surface area contributed by atoms with Crippen LogP contribution in [0.25, 0.3) is 0 Å². The molecule has 1 aliphatic rings. The summed E-state index contributed by atoms with van der Waals surface area (Å²) in [5.41, 5.74) is 1.13. The molecule has 1 atom stereocenters. The van der Waals surface area contributed by atoms with Crippen molar-refractivity contribution in [2.24, 2.45) is 0 Å². The molecule has 1 fully saturated rings. The summed E-state index contributed by atoms with van der Waals surface area (Å²) in [6.45, 7) is 5.96. The van der Waals surface area contributed by atoms with Gasteiger partial charge in [0, 0.05) is 30.8 Å². The number of aliphatic hydroxyl groups is 1. The van der Waals surface area contributed by atoms with Gasteiger partial charge in [0.05, 0.1) is 6.10 Å². The molecule has 1 N–H and O–H groups in total. The highest BCUT2D eigenvalue weighted by atomic mass is 16.3. The maximum Gasteiger partial charge on any atom is 0.132 e. The monoisotopic (exact) mass is 235 g/mol. The van der Waals surface area contributed by atoms with E-state index in [4.69, 9.17) is 0 Å². The van der Waals surface area contributed by atoms with E-state index in [-0.39, 0.29) is 6.10 Å². The van der Waals surface area contributed by atoms with Gasteiger partial charge in [-0.15, -0.1) is 0 Å². The number of anilines is 1. The van der Waals surface area contributed by atoms with Gasteiger partial charge in [0.25, 0.3) is 0 Å². The average Bonchev–Trinajstić information content (AvgIpc) is 2.78. The van der Waals surface area contributed by atoms with Crippen LogP contribution < -0.4 is 4.90 Å². The highest BCUT2D eigenvalue weighted by Crippen LogP contribution is 2.25. The first-order valence-corrected chi connectivity index (χ1v) is 6.49. The van der Waals surface area contributed by atoms with Gasteiger partial charge in [-0.1, -0.05) is 13.8 Å². The van der Waals surface area contributed by atoms with Crippen LogP contribution in [0.1, 0.15) is 44.7 Å². The molecule has 0 amide bonds. The maximum atomic E-state index is 9.55. The Labute approximate surface area is 103 Å². The maximum absolute atomic E-state index is 9.55. The van der Waals surface area contributed by atoms with Crippen LogP contribution in [0, 0.1) is 0 Å². The van der Waals surface area contributed by atoms with Crippen LogP contribution in [0.2, 0.25) is 0 Å². The van der Waals surface area contributed by atoms with Gasteiger partial charge in [0.15, 0.2) is 0 Å². The molecule has 94 valence electrons. The summed E-state index contributed by atoms with van der Waals surface area (Å²) >= 11 is 0. The third-order valence-corrected chi connectivity index (χ3v) is 3.57. The van der Waals surface area contributed by atoms with Crippen LogP contribution in [-0.4, -0.2) is 34.3 Å². The molecule has 1 saturated heterocycles. The van der Waals surface area contributed by atoms with E-state index in [0.717, 1.165) is 37.3 Å². The van der Waals surface area contributed by atoms with Crippen LogP contribution in [0.5, 0.6) is 0 Å². The Hall–Kier alpha value is -1.16. The van der Waals surface area contributed by atoms with Gasteiger partial charge in [0.2, 0.25) is 0 Å². The van der Waals surface area contributed by atoms with Gasteiger partial charge in [-0.3, -0.25) is 0 Å². The number of hydrogen-bond acceptors (Lipinski definition) is 4. The molecule has 0 saturated carbocycles. The number of β-amino-alcohol motifs (C(OH)–C–C–N with tert-alkyl or cyclic N) is 1. The molecule has 2 rings (SSSR count). The topological polar surface area (TPSA) is 49.2 Å². The van der Waals surface area contributed by atoms with Crippen molar-refractivity contribution in [3.63, 3.8) is 0 Å². The molecule has 0 bridgehead atoms. The Kier molecular flexibility index (Phi) is 3.94. The normalized spacial score (nSPS) is 20.2. The highest BCUT2D eigenvalue weighted by Gasteiger charge is 2.22. The summed E-state index contributed by atoms with van der Waals surface area (Å²) in [5.74, 6) is 1.47. The molecule has 0 aliphatic carbocycles. The van der Waals surface area contributed by atoms with Crippen molar-refractivity contribution < 1.29 is 5.11 Å². The van der Waals surface area contributed by atoms with Crippen molar-refractivity contribution >= 4 is 5.82 Å². The third-order valence-electron chi connectivity index (χ3n) is 3.57. The molecule has 4 nitrogen and oxygen atoms in total. The molecule has 2 heterocycles. The van der Waals surface area contributed by atoms with E-state index >= 15 is 0 Å². The predicted octanol–water partition coefficient (Wildman–Crippen LogP) is 1.95. The van der Waals surface area contributed by atoms with Crippen LogP contribution in [0.3, 0.4) is 0 Å². The number of aliphatic hydroxyl groups excluding tert-OH is 1. The van der Waals surface area contributed by atoms with Crippen LogP contribution in [0.4, 0.5) is 5.82 Å². The van der Waals surface area contributed by atoms with Gasteiger partial charge in [-0.05, 0) is 19.3 Å². The van der Waals surface area contributed by atoms with E-state index in [2.05, 4.69) is 34.8 Å². The van der Waals surface area contributed by atoms with Crippen LogP contribution in [-0.2, 0) is 0 Å². The summed E-state index contributed by atoms with van der Waals surface area (Å²) in [4.78, 5) is 10.8. The van der Waals surface area contributed by atoms with Crippen molar-refractivity contribution in [1.82, 2.24) is 9.97 Å². The van der Waals surface area contributed by atoms with Crippen molar-refractivity contribution in [3.05, 3.63) is 18.1 Å². The van der Waals surface area contributed by atoms with Gasteiger partial charge in [-0.2, -0.15) is 0 Å². The van der Waals surface area contributed by atoms with Crippen molar-refractivity contribution in [2.45, 2.75) is 45.1 Å². The Balaban J connectivity index is 2.16. The summed E-state index contributed by atoms with van der Waals surface area (Å²) in [6, 6.07) is 2.08. The Bertz CT molecular complexity index is 365. The van der Waals surface area contributed by atoms with Gasteiger partial charge >= 0.3 is 0 Å². The second kappa shape index (κ2) is 5.45. The predicted molar refractivity (Wildman–Crippen MR) is 68.2 cm³/mol. The summed E-state index contributed by atoms with van der Waals surface area (Å²) in [5, 5.41) is 9.55. The van der Waals surface area contributed by atoms with Gasteiger partial charge in [0.1, 0.15) is 12.1 Å². The lowest BCUT2D eigenvalue weighted by Crippen LogP contribution is -2.22. The lowest BCUT2D eigenvalue weighted by molar-refractivity contribution is 0.198. The lowest BCUT2D eigenvalue weighted by Gasteiger charge is -2.18. The first-order chi connectivity index (χ1) is 8.24. The minimum Gasteiger partial charge on any atom is -0.391 e. The number of nitrogens with zero attached hydrogens (tertiary/aromatic N) is 3. The molecule has 1 aliphatic heterocycles. The zero-order valence-corrected chi connectivity index (χ0v) is 10.6. The smallest absolute Gasteiger partial charge is 0.132 e. The third kappa shape index (κ3) is 2.75. The largest absolute Gasteiger partial charge is 0.391 e. The Morgan fingerprint density at radius 3 is 2.76 bits per heavy atom. The minimum absolute atomic E-state index is 0.207. The lowest BCUT2D eigenvalue weighted by atomic mass is 9.99. The fraction of sp³-hybridized carbons (Fsp3) is 0.692. The second-order valence-electron chi connectivity index (χ2n) is 4.70. The zero-order chi connectivity index (χ0) is 12.3. The highest BCUT2D eigenvalue weighted by molar-refractivity contribution is 5.41. The molecular formula is C13H21N3O. The van der Waals surface area contributed by atoms with Crippen molar-refractivity contribution in [3.8, 4) is 0 Å².